The van der Waals surface area contributed by atoms with Crippen LogP contribution in [0.25, 0.3) is 0 Å². The molecule has 4 nitrogen and oxygen atoms in total. The van der Waals surface area contributed by atoms with Crippen LogP contribution in [-0.4, -0.2) is 41.3 Å². The average molecular weight is 225 g/mol. The first-order valence-electron chi connectivity index (χ1n) is 4.72. The van der Waals surface area contributed by atoms with Gasteiger partial charge in [0.1, 0.15) is 0 Å². The molecule has 1 unspecified atom stereocenters. The van der Waals surface area contributed by atoms with Gasteiger partial charge < -0.3 is 10.9 Å². The summed E-state index contributed by atoms with van der Waals surface area (Å²) >= 11 is 0. The highest BCUT2D eigenvalue weighted by atomic mass is 19.4. The lowest BCUT2D eigenvalue weighted by Gasteiger charge is -2.34. The number of oxime groups is 1. The fourth-order valence-electron chi connectivity index (χ4n) is 1.81. The van der Waals surface area contributed by atoms with Gasteiger partial charge in [-0.2, -0.15) is 13.2 Å². The zero-order valence-electron chi connectivity index (χ0n) is 8.17. The molecule has 1 rings (SSSR count). The van der Waals surface area contributed by atoms with Crippen molar-refractivity contribution >= 4 is 5.84 Å². The smallest absolute Gasteiger partial charge is 0.401 e. The highest BCUT2D eigenvalue weighted by Crippen LogP contribution is 2.23. The van der Waals surface area contributed by atoms with E-state index in [0.29, 0.717) is 19.4 Å². The predicted molar refractivity (Wildman–Crippen MR) is 48.7 cm³/mol. The average Bonchev–Trinajstić information content (AvgIpc) is 2.15. The Morgan fingerprint density at radius 2 is 2.13 bits per heavy atom. The molecule has 0 spiro atoms. The summed E-state index contributed by atoms with van der Waals surface area (Å²) in [5.74, 6) is -0.140. The van der Waals surface area contributed by atoms with Crippen LogP contribution in [0.15, 0.2) is 5.16 Å². The van der Waals surface area contributed by atoms with Gasteiger partial charge in [0.05, 0.1) is 12.6 Å². The number of rotatable bonds is 2. The maximum atomic E-state index is 12.2. The van der Waals surface area contributed by atoms with Gasteiger partial charge in [0.25, 0.3) is 0 Å². The van der Waals surface area contributed by atoms with Crippen molar-refractivity contribution in [3.05, 3.63) is 0 Å². The summed E-state index contributed by atoms with van der Waals surface area (Å²) in [6.07, 6.45) is -2.22. The van der Waals surface area contributed by atoms with E-state index in [1.807, 2.05) is 0 Å². The Labute approximate surface area is 85.5 Å². The van der Waals surface area contributed by atoms with Gasteiger partial charge in [0.15, 0.2) is 5.84 Å². The number of piperidine rings is 1. The second-order valence-electron chi connectivity index (χ2n) is 3.62. The molecular formula is C8H14F3N3O. The molecule has 0 radical (unpaired) electrons. The molecule has 0 aromatic rings. The lowest BCUT2D eigenvalue weighted by atomic mass is 10.0. The van der Waals surface area contributed by atoms with Crippen LogP contribution in [0, 0.1) is 0 Å². The Bertz CT molecular complexity index is 242. The van der Waals surface area contributed by atoms with Crippen molar-refractivity contribution in [1.82, 2.24) is 4.90 Å². The van der Waals surface area contributed by atoms with E-state index in [-0.39, 0.29) is 5.84 Å². The molecule has 3 N–H and O–H groups in total. The third kappa shape index (κ3) is 3.58. The fourth-order valence-corrected chi connectivity index (χ4v) is 1.81. The molecule has 1 atom stereocenters. The SMILES string of the molecule is NC(=NO)C1CCCCN1CC(F)(F)F. The maximum Gasteiger partial charge on any atom is 0.401 e. The minimum atomic E-state index is -4.24. The third-order valence-electron chi connectivity index (χ3n) is 2.45. The second kappa shape index (κ2) is 4.69. The molecule has 0 aromatic carbocycles. The van der Waals surface area contributed by atoms with E-state index >= 15 is 0 Å². The monoisotopic (exact) mass is 225 g/mol. The van der Waals surface area contributed by atoms with E-state index in [9.17, 15) is 13.2 Å². The van der Waals surface area contributed by atoms with E-state index in [0.717, 1.165) is 6.42 Å². The van der Waals surface area contributed by atoms with E-state index in [4.69, 9.17) is 10.9 Å². The van der Waals surface area contributed by atoms with Crippen molar-refractivity contribution in [3.63, 3.8) is 0 Å². The number of halogens is 3. The first-order chi connectivity index (χ1) is 6.94. The molecule has 15 heavy (non-hydrogen) atoms. The van der Waals surface area contributed by atoms with E-state index in [1.54, 1.807) is 0 Å². The van der Waals surface area contributed by atoms with Crippen molar-refractivity contribution in [2.24, 2.45) is 10.9 Å². The zero-order valence-corrected chi connectivity index (χ0v) is 8.17. The number of nitrogens with zero attached hydrogens (tertiary/aromatic N) is 2. The Morgan fingerprint density at radius 1 is 1.47 bits per heavy atom. The largest absolute Gasteiger partial charge is 0.409 e. The fraction of sp³-hybridized carbons (Fsp3) is 0.875. The molecule has 1 aliphatic rings. The second-order valence-corrected chi connectivity index (χ2v) is 3.62. The molecule has 1 heterocycles. The van der Waals surface area contributed by atoms with Gasteiger partial charge in [-0.1, -0.05) is 11.6 Å². The summed E-state index contributed by atoms with van der Waals surface area (Å²) in [5, 5.41) is 11.2. The van der Waals surface area contributed by atoms with E-state index in [2.05, 4.69) is 5.16 Å². The molecule has 1 fully saturated rings. The van der Waals surface area contributed by atoms with Gasteiger partial charge in [-0.05, 0) is 19.4 Å². The van der Waals surface area contributed by atoms with Crippen molar-refractivity contribution < 1.29 is 18.4 Å². The van der Waals surface area contributed by atoms with Gasteiger partial charge in [-0.15, -0.1) is 0 Å². The first kappa shape index (κ1) is 12.1. The lowest BCUT2D eigenvalue weighted by Crippen LogP contribution is -2.50. The zero-order chi connectivity index (χ0) is 11.5. The normalized spacial score (nSPS) is 25.5. The minimum absolute atomic E-state index is 0.140. The molecule has 1 aliphatic heterocycles. The highest BCUT2D eigenvalue weighted by Gasteiger charge is 2.36. The number of alkyl halides is 3. The van der Waals surface area contributed by atoms with Crippen LogP contribution in [0.2, 0.25) is 0 Å². The van der Waals surface area contributed by atoms with Gasteiger partial charge in [0, 0.05) is 0 Å². The Balaban J connectivity index is 2.66. The van der Waals surface area contributed by atoms with Gasteiger partial charge in [0.2, 0.25) is 0 Å². The summed E-state index contributed by atoms with van der Waals surface area (Å²) in [5.41, 5.74) is 5.35. The predicted octanol–water partition coefficient (Wildman–Crippen LogP) is 1.15. The van der Waals surface area contributed by atoms with Crippen molar-refractivity contribution in [3.8, 4) is 0 Å². The molecule has 0 bridgehead atoms. The maximum absolute atomic E-state index is 12.2. The summed E-state index contributed by atoms with van der Waals surface area (Å²) in [6.45, 7) is -0.672. The number of likely N-dealkylation sites (tertiary alicyclic amines) is 1. The first-order valence-corrected chi connectivity index (χ1v) is 4.72. The number of amidine groups is 1. The minimum Gasteiger partial charge on any atom is -0.409 e. The highest BCUT2D eigenvalue weighted by molar-refractivity contribution is 5.85. The van der Waals surface area contributed by atoms with Crippen LogP contribution in [0.1, 0.15) is 19.3 Å². The third-order valence-corrected chi connectivity index (χ3v) is 2.45. The number of hydrogen-bond donors (Lipinski definition) is 2. The Morgan fingerprint density at radius 3 is 2.67 bits per heavy atom. The number of nitrogens with two attached hydrogens (primary N) is 1. The molecule has 0 aromatic heterocycles. The molecule has 0 amide bonds. The summed E-state index contributed by atoms with van der Waals surface area (Å²) in [7, 11) is 0. The molecular weight excluding hydrogens is 211 g/mol. The van der Waals surface area contributed by atoms with Crippen molar-refractivity contribution in [2.75, 3.05) is 13.1 Å². The molecule has 0 saturated carbocycles. The Kier molecular flexibility index (Phi) is 3.78. The number of hydrogen-bond acceptors (Lipinski definition) is 3. The van der Waals surface area contributed by atoms with Crippen LogP contribution >= 0.6 is 0 Å². The summed E-state index contributed by atoms with van der Waals surface area (Å²) < 4.78 is 36.6. The summed E-state index contributed by atoms with van der Waals surface area (Å²) in [6, 6.07) is -0.592. The van der Waals surface area contributed by atoms with Crippen LogP contribution in [0.4, 0.5) is 13.2 Å². The van der Waals surface area contributed by atoms with Gasteiger partial charge in [-0.25, -0.2) is 0 Å². The van der Waals surface area contributed by atoms with Crippen LogP contribution in [0.3, 0.4) is 0 Å². The van der Waals surface area contributed by atoms with Crippen molar-refractivity contribution in [1.29, 1.82) is 0 Å². The topological polar surface area (TPSA) is 61.9 Å². The standard InChI is InChI=1S/C8H14F3N3O/c9-8(10,11)5-14-4-2-1-3-6(14)7(12)13-15/h6,15H,1-5H2,(H2,12,13). The van der Waals surface area contributed by atoms with E-state index < -0.39 is 18.8 Å². The molecule has 88 valence electrons. The van der Waals surface area contributed by atoms with Gasteiger partial charge in [-0.3, -0.25) is 4.90 Å². The Hall–Kier alpha value is -0.980. The quantitative estimate of drug-likeness (QED) is 0.321. The molecule has 0 aliphatic carbocycles. The van der Waals surface area contributed by atoms with E-state index in [1.165, 1.54) is 4.90 Å². The van der Waals surface area contributed by atoms with Crippen molar-refractivity contribution in [2.45, 2.75) is 31.5 Å². The lowest BCUT2D eigenvalue weighted by molar-refractivity contribution is -0.150. The molecule has 7 heteroatoms. The van der Waals surface area contributed by atoms with Crippen LogP contribution in [-0.2, 0) is 0 Å². The van der Waals surface area contributed by atoms with Crippen LogP contribution in [0.5, 0.6) is 0 Å². The van der Waals surface area contributed by atoms with Gasteiger partial charge >= 0.3 is 6.18 Å². The summed E-state index contributed by atoms with van der Waals surface area (Å²) in [4.78, 5) is 1.21. The molecule has 1 saturated heterocycles. The van der Waals surface area contributed by atoms with Crippen LogP contribution < -0.4 is 5.73 Å².